The normalized spacial score (nSPS) is 31.5. The van der Waals surface area contributed by atoms with Crippen molar-refractivity contribution in [2.75, 3.05) is 13.6 Å². The van der Waals surface area contributed by atoms with E-state index in [-0.39, 0.29) is 10.6 Å². The Kier molecular flexibility index (Phi) is 4.37. The van der Waals surface area contributed by atoms with Crippen molar-refractivity contribution >= 4 is 21.6 Å². The topological polar surface area (TPSA) is 37.4 Å². The van der Waals surface area contributed by atoms with E-state index in [0.29, 0.717) is 12.5 Å². The van der Waals surface area contributed by atoms with Crippen LogP contribution in [0.5, 0.6) is 0 Å². The summed E-state index contributed by atoms with van der Waals surface area (Å²) in [7, 11) is -1.33. The molecule has 2 saturated carbocycles. The highest BCUT2D eigenvalue weighted by Crippen LogP contribution is 2.33. The first-order chi connectivity index (χ1) is 8.00. The molecule has 17 heavy (non-hydrogen) atoms. The summed E-state index contributed by atoms with van der Waals surface area (Å²) in [6.45, 7) is 0.655. The smallest absolute Gasteiger partial charge is 0.212 e. The van der Waals surface area contributed by atoms with E-state index >= 15 is 0 Å². The summed E-state index contributed by atoms with van der Waals surface area (Å²) in [4.78, 5) is 0. The fourth-order valence-corrected chi connectivity index (χ4v) is 5.25. The number of alkyl halides is 1. The predicted octanol–water partition coefficient (Wildman–Crippen LogP) is 2.60. The Hall–Kier alpha value is 0.200. The summed E-state index contributed by atoms with van der Waals surface area (Å²) in [5.41, 5.74) is 0. The molecule has 0 aliphatic heterocycles. The average molecular weight is 280 g/mol. The SMILES string of the molecule is CN(CC1CC(Cl)C1)S(=O)(=O)C1CCCCC1. The van der Waals surface area contributed by atoms with E-state index in [2.05, 4.69) is 0 Å². The van der Waals surface area contributed by atoms with Gasteiger partial charge in [-0.1, -0.05) is 19.3 Å². The van der Waals surface area contributed by atoms with Crippen molar-refractivity contribution in [2.24, 2.45) is 5.92 Å². The number of sulfonamides is 1. The minimum absolute atomic E-state index is 0.131. The lowest BCUT2D eigenvalue weighted by molar-refractivity contribution is 0.266. The first-order valence-electron chi connectivity index (χ1n) is 6.59. The Morgan fingerprint density at radius 2 is 1.76 bits per heavy atom. The van der Waals surface area contributed by atoms with Gasteiger partial charge in [0.25, 0.3) is 0 Å². The number of hydrogen-bond donors (Lipinski definition) is 0. The standard InChI is InChI=1S/C12H22ClNO2S/c1-14(9-10-7-11(13)8-10)17(15,16)12-5-3-2-4-6-12/h10-12H,2-9H2,1H3. The molecule has 0 aromatic rings. The second kappa shape index (κ2) is 5.45. The summed E-state index contributed by atoms with van der Waals surface area (Å²) in [6, 6.07) is 0. The maximum Gasteiger partial charge on any atom is 0.216 e. The quantitative estimate of drug-likeness (QED) is 0.742. The van der Waals surface area contributed by atoms with Gasteiger partial charge in [-0.2, -0.15) is 0 Å². The van der Waals surface area contributed by atoms with Crippen LogP contribution < -0.4 is 0 Å². The Labute approximate surface area is 110 Å². The van der Waals surface area contributed by atoms with Crippen molar-refractivity contribution in [2.45, 2.75) is 55.6 Å². The lowest BCUT2D eigenvalue weighted by Gasteiger charge is -2.35. The first kappa shape index (κ1) is 13.6. The molecule has 0 amide bonds. The molecule has 5 heteroatoms. The molecule has 2 fully saturated rings. The summed E-state index contributed by atoms with van der Waals surface area (Å²) in [5, 5.41) is 0.138. The van der Waals surface area contributed by atoms with Crippen LogP contribution in [0.25, 0.3) is 0 Å². The summed E-state index contributed by atoms with van der Waals surface area (Å²) >= 11 is 5.92. The highest BCUT2D eigenvalue weighted by molar-refractivity contribution is 7.89. The highest BCUT2D eigenvalue weighted by atomic mass is 35.5. The molecule has 0 spiro atoms. The van der Waals surface area contributed by atoms with Gasteiger partial charge in [0.2, 0.25) is 10.0 Å². The van der Waals surface area contributed by atoms with Crippen molar-refractivity contribution in [1.82, 2.24) is 4.31 Å². The molecular formula is C12H22ClNO2S. The van der Waals surface area contributed by atoms with Crippen LogP contribution in [0.4, 0.5) is 0 Å². The third-order valence-corrected chi connectivity index (χ3v) is 6.79. The molecule has 0 aromatic heterocycles. The molecule has 0 unspecified atom stereocenters. The second-order valence-electron chi connectivity index (χ2n) is 5.52. The average Bonchev–Trinajstić information content (AvgIpc) is 2.28. The fraction of sp³-hybridized carbons (Fsp3) is 1.00. The van der Waals surface area contributed by atoms with E-state index in [1.807, 2.05) is 0 Å². The minimum Gasteiger partial charge on any atom is -0.212 e. The number of rotatable bonds is 4. The van der Waals surface area contributed by atoms with Crippen LogP contribution in [-0.4, -0.2) is 36.9 Å². The monoisotopic (exact) mass is 279 g/mol. The van der Waals surface area contributed by atoms with E-state index in [9.17, 15) is 8.42 Å². The van der Waals surface area contributed by atoms with Gasteiger partial charge in [-0.15, -0.1) is 11.6 Å². The molecule has 0 heterocycles. The van der Waals surface area contributed by atoms with E-state index in [4.69, 9.17) is 11.6 Å². The molecular weight excluding hydrogens is 258 g/mol. The summed E-state index contributed by atoms with van der Waals surface area (Å²) in [5.74, 6) is 0.473. The van der Waals surface area contributed by atoms with Crippen molar-refractivity contribution in [3.05, 3.63) is 0 Å². The zero-order chi connectivity index (χ0) is 12.5. The zero-order valence-corrected chi connectivity index (χ0v) is 12.0. The lowest BCUT2D eigenvalue weighted by atomic mass is 9.85. The van der Waals surface area contributed by atoms with Gasteiger partial charge in [0.15, 0.2) is 0 Å². The van der Waals surface area contributed by atoms with Crippen LogP contribution >= 0.6 is 11.6 Å². The Bertz CT molecular complexity index is 346. The van der Waals surface area contributed by atoms with Gasteiger partial charge in [-0.05, 0) is 31.6 Å². The maximum atomic E-state index is 12.3. The van der Waals surface area contributed by atoms with Gasteiger partial charge >= 0.3 is 0 Å². The lowest BCUT2D eigenvalue weighted by Crippen LogP contribution is -2.42. The molecule has 3 nitrogen and oxygen atoms in total. The van der Waals surface area contributed by atoms with Crippen LogP contribution in [0.2, 0.25) is 0 Å². The zero-order valence-electron chi connectivity index (χ0n) is 10.4. The van der Waals surface area contributed by atoms with Crippen molar-refractivity contribution in [3.8, 4) is 0 Å². The Morgan fingerprint density at radius 3 is 2.29 bits per heavy atom. The van der Waals surface area contributed by atoms with E-state index in [1.165, 1.54) is 6.42 Å². The number of nitrogens with zero attached hydrogens (tertiary/aromatic N) is 1. The van der Waals surface area contributed by atoms with Crippen molar-refractivity contribution in [3.63, 3.8) is 0 Å². The fourth-order valence-electron chi connectivity index (χ4n) is 2.89. The van der Waals surface area contributed by atoms with E-state index < -0.39 is 10.0 Å². The van der Waals surface area contributed by atoms with Gasteiger partial charge in [0.1, 0.15) is 0 Å². The van der Waals surface area contributed by atoms with Crippen LogP contribution in [0.15, 0.2) is 0 Å². The van der Waals surface area contributed by atoms with Crippen LogP contribution in [0.3, 0.4) is 0 Å². The second-order valence-corrected chi connectivity index (χ2v) is 8.46. The Morgan fingerprint density at radius 1 is 1.18 bits per heavy atom. The molecule has 0 saturated heterocycles. The number of hydrogen-bond acceptors (Lipinski definition) is 2. The van der Waals surface area contributed by atoms with Gasteiger partial charge in [-0.3, -0.25) is 0 Å². The minimum atomic E-state index is -3.06. The van der Waals surface area contributed by atoms with Crippen molar-refractivity contribution in [1.29, 1.82) is 0 Å². The van der Waals surface area contributed by atoms with Crippen LogP contribution in [0.1, 0.15) is 44.9 Å². The van der Waals surface area contributed by atoms with E-state index in [1.54, 1.807) is 11.4 Å². The summed E-state index contributed by atoms with van der Waals surface area (Å²) in [6.07, 6.45) is 6.92. The Balaban J connectivity index is 1.89. The molecule has 0 bridgehead atoms. The van der Waals surface area contributed by atoms with Gasteiger partial charge < -0.3 is 0 Å². The third kappa shape index (κ3) is 3.15. The van der Waals surface area contributed by atoms with Gasteiger partial charge in [-0.25, -0.2) is 12.7 Å². The highest BCUT2D eigenvalue weighted by Gasteiger charge is 2.35. The first-order valence-corrected chi connectivity index (χ1v) is 8.53. The largest absolute Gasteiger partial charge is 0.216 e. The molecule has 100 valence electrons. The molecule has 0 atom stereocenters. The predicted molar refractivity (Wildman–Crippen MR) is 70.8 cm³/mol. The van der Waals surface area contributed by atoms with Crippen LogP contribution in [-0.2, 0) is 10.0 Å². The molecule has 2 rings (SSSR count). The molecule has 0 aromatic carbocycles. The number of halogens is 1. The van der Waals surface area contributed by atoms with Crippen LogP contribution in [0, 0.1) is 5.92 Å². The van der Waals surface area contributed by atoms with Gasteiger partial charge in [0.05, 0.1) is 5.25 Å². The molecule has 2 aliphatic rings. The third-order valence-electron chi connectivity index (χ3n) is 4.10. The molecule has 2 aliphatic carbocycles. The van der Waals surface area contributed by atoms with Crippen molar-refractivity contribution < 1.29 is 8.42 Å². The summed E-state index contributed by atoms with van der Waals surface area (Å²) < 4.78 is 26.3. The molecule has 0 N–H and O–H groups in total. The molecule has 0 radical (unpaired) electrons. The van der Waals surface area contributed by atoms with E-state index in [0.717, 1.165) is 38.5 Å². The maximum absolute atomic E-state index is 12.3. The van der Waals surface area contributed by atoms with Gasteiger partial charge in [0, 0.05) is 19.0 Å².